The topological polar surface area (TPSA) is 54.9 Å². The molecule has 3 heterocycles. The molecule has 6 nitrogen and oxygen atoms in total. The molecule has 0 bridgehead atoms. The van der Waals surface area contributed by atoms with Crippen LogP contribution in [0.2, 0.25) is 0 Å². The molecule has 1 spiro atoms. The number of carbonyl (C=O) groups is 1. The number of piperidine rings is 1. The molecule has 0 unspecified atom stereocenters. The number of hydrogen-bond acceptors (Lipinski definition) is 5. The number of benzene rings is 1. The smallest absolute Gasteiger partial charge is 0.255 e. The van der Waals surface area contributed by atoms with E-state index >= 15 is 0 Å². The second-order valence-corrected chi connectivity index (χ2v) is 7.82. The standard InChI is InChI=1S/C22H26FN3O3/c1-25(18-6-4-17(23)5-7-18)19-13-22(29-15-19)9-11-26(12-10-22)21(27)16-3-8-20(28-2)24-14-16/h3-8,14,19H,9-13,15H2,1-2H3/t19-/m0/s1. The van der Waals surface area contributed by atoms with Gasteiger partial charge in [-0.05, 0) is 49.6 Å². The molecule has 2 aliphatic heterocycles. The molecule has 4 rings (SSSR count). The molecular formula is C22H26FN3O3. The lowest BCUT2D eigenvalue weighted by Crippen LogP contribution is -2.47. The van der Waals surface area contributed by atoms with Gasteiger partial charge in [-0.25, -0.2) is 9.37 Å². The first-order valence-corrected chi connectivity index (χ1v) is 9.91. The zero-order valence-electron chi connectivity index (χ0n) is 16.8. The van der Waals surface area contributed by atoms with E-state index in [1.165, 1.54) is 12.1 Å². The SMILES string of the molecule is COc1ccc(C(=O)N2CCC3(CC2)C[C@H](N(C)c2ccc(F)cc2)CO3)cn1. The molecule has 0 saturated carbocycles. The van der Waals surface area contributed by atoms with E-state index in [0.717, 1.165) is 24.9 Å². The third-order valence-corrected chi connectivity index (χ3v) is 6.13. The number of anilines is 1. The Labute approximate surface area is 170 Å². The monoisotopic (exact) mass is 399 g/mol. The Hall–Kier alpha value is -2.67. The van der Waals surface area contributed by atoms with Crippen LogP contribution in [-0.2, 0) is 4.74 Å². The highest BCUT2D eigenvalue weighted by molar-refractivity contribution is 5.94. The minimum absolute atomic E-state index is 0.00650. The summed E-state index contributed by atoms with van der Waals surface area (Å²) < 4.78 is 24.5. The molecule has 154 valence electrons. The van der Waals surface area contributed by atoms with Gasteiger partial charge in [0.2, 0.25) is 5.88 Å². The van der Waals surface area contributed by atoms with Gasteiger partial charge in [-0.15, -0.1) is 0 Å². The lowest BCUT2D eigenvalue weighted by Gasteiger charge is -2.39. The lowest BCUT2D eigenvalue weighted by molar-refractivity contribution is -0.0388. The van der Waals surface area contributed by atoms with Crippen LogP contribution in [-0.4, -0.2) is 61.3 Å². The Balaban J connectivity index is 1.35. The van der Waals surface area contributed by atoms with Crippen molar-refractivity contribution in [2.24, 2.45) is 0 Å². The number of likely N-dealkylation sites (N-methyl/N-ethyl adjacent to an activating group) is 1. The minimum Gasteiger partial charge on any atom is -0.481 e. The van der Waals surface area contributed by atoms with Crippen LogP contribution < -0.4 is 9.64 Å². The highest BCUT2D eigenvalue weighted by atomic mass is 19.1. The van der Waals surface area contributed by atoms with Gasteiger partial charge < -0.3 is 19.3 Å². The summed E-state index contributed by atoms with van der Waals surface area (Å²) in [7, 11) is 3.58. The van der Waals surface area contributed by atoms with Crippen molar-refractivity contribution in [1.82, 2.24) is 9.88 Å². The Morgan fingerprint density at radius 2 is 1.97 bits per heavy atom. The van der Waals surface area contributed by atoms with Crippen LogP contribution in [0.5, 0.6) is 5.88 Å². The molecule has 7 heteroatoms. The molecule has 2 fully saturated rings. The number of halogens is 1. The van der Waals surface area contributed by atoms with Crippen molar-refractivity contribution in [3.8, 4) is 5.88 Å². The summed E-state index contributed by atoms with van der Waals surface area (Å²) in [5.74, 6) is 0.258. The summed E-state index contributed by atoms with van der Waals surface area (Å²) in [6.45, 7) is 1.97. The van der Waals surface area contributed by atoms with Crippen molar-refractivity contribution in [1.29, 1.82) is 0 Å². The maximum absolute atomic E-state index is 13.2. The van der Waals surface area contributed by atoms with E-state index in [4.69, 9.17) is 9.47 Å². The first-order chi connectivity index (χ1) is 14.0. The number of nitrogens with zero attached hydrogens (tertiary/aromatic N) is 3. The summed E-state index contributed by atoms with van der Waals surface area (Å²) in [4.78, 5) is 20.9. The molecule has 2 aromatic rings. The zero-order chi connectivity index (χ0) is 20.4. The summed E-state index contributed by atoms with van der Waals surface area (Å²) in [6.07, 6.45) is 4.10. The summed E-state index contributed by atoms with van der Waals surface area (Å²) >= 11 is 0. The molecule has 1 aromatic carbocycles. The molecule has 29 heavy (non-hydrogen) atoms. The average Bonchev–Trinajstić information content (AvgIpc) is 3.17. The Morgan fingerprint density at radius 3 is 2.59 bits per heavy atom. The van der Waals surface area contributed by atoms with Gasteiger partial charge in [-0.1, -0.05) is 0 Å². The molecule has 1 aromatic heterocycles. The van der Waals surface area contributed by atoms with E-state index in [2.05, 4.69) is 9.88 Å². The molecule has 0 aliphatic carbocycles. The van der Waals surface area contributed by atoms with E-state index in [9.17, 15) is 9.18 Å². The second-order valence-electron chi connectivity index (χ2n) is 7.82. The van der Waals surface area contributed by atoms with Crippen molar-refractivity contribution in [3.63, 3.8) is 0 Å². The van der Waals surface area contributed by atoms with E-state index in [-0.39, 0.29) is 23.4 Å². The zero-order valence-corrected chi connectivity index (χ0v) is 16.8. The number of ether oxygens (including phenoxy) is 2. The molecule has 1 amide bonds. The van der Waals surface area contributed by atoms with Crippen molar-refractivity contribution in [3.05, 3.63) is 54.0 Å². The summed E-state index contributed by atoms with van der Waals surface area (Å²) in [5, 5.41) is 0. The van der Waals surface area contributed by atoms with Crippen LogP contribution >= 0.6 is 0 Å². The van der Waals surface area contributed by atoms with Crippen LogP contribution in [0.25, 0.3) is 0 Å². The highest BCUT2D eigenvalue weighted by Gasteiger charge is 2.44. The van der Waals surface area contributed by atoms with Crippen molar-refractivity contribution >= 4 is 11.6 Å². The number of carbonyl (C=O) groups excluding carboxylic acids is 1. The van der Waals surface area contributed by atoms with Gasteiger partial charge in [0.15, 0.2) is 0 Å². The first kappa shape index (κ1) is 19.6. The molecule has 0 N–H and O–H groups in total. The molecule has 2 aliphatic rings. The molecule has 1 atom stereocenters. The number of likely N-dealkylation sites (tertiary alicyclic amines) is 1. The van der Waals surface area contributed by atoms with Gasteiger partial charge in [0, 0.05) is 38.1 Å². The fourth-order valence-corrected chi connectivity index (χ4v) is 4.23. The van der Waals surface area contributed by atoms with E-state index in [1.54, 1.807) is 37.6 Å². The fourth-order valence-electron chi connectivity index (χ4n) is 4.23. The Bertz CT molecular complexity index is 849. The van der Waals surface area contributed by atoms with Gasteiger partial charge in [0.1, 0.15) is 5.82 Å². The van der Waals surface area contributed by atoms with Crippen LogP contribution in [0.15, 0.2) is 42.6 Å². The van der Waals surface area contributed by atoms with E-state index < -0.39 is 0 Å². The number of aromatic nitrogens is 1. The predicted octanol–water partition coefficient (Wildman–Crippen LogP) is 3.13. The van der Waals surface area contributed by atoms with Gasteiger partial charge in [0.25, 0.3) is 5.91 Å². The normalized spacial score (nSPS) is 20.7. The van der Waals surface area contributed by atoms with Gasteiger partial charge in [-0.3, -0.25) is 4.79 Å². The van der Waals surface area contributed by atoms with E-state index in [1.807, 2.05) is 11.9 Å². The van der Waals surface area contributed by atoms with Crippen LogP contribution in [0.4, 0.5) is 10.1 Å². The van der Waals surface area contributed by atoms with Crippen molar-refractivity contribution in [2.45, 2.75) is 30.9 Å². The summed E-state index contributed by atoms with van der Waals surface area (Å²) in [5.41, 5.74) is 1.37. The number of amides is 1. The number of methoxy groups -OCH3 is 1. The quantitative estimate of drug-likeness (QED) is 0.791. The predicted molar refractivity (Wildman–Crippen MR) is 108 cm³/mol. The largest absolute Gasteiger partial charge is 0.481 e. The Morgan fingerprint density at radius 1 is 1.24 bits per heavy atom. The van der Waals surface area contributed by atoms with E-state index in [0.29, 0.717) is 31.1 Å². The number of pyridine rings is 1. The van der Waals surface area contributed by atoms with Crippen molar-refractivity contribution in [2.75, 3.05) is 38.8 Å². The van der Waals surface area contributed by atoms with Crippen molar-refractivity contribution < 1.29 is 18.7 Å². The molecule has 0 radical (unpaired) electrons. The minimum atomic E-state index is -0.231. The maximum atomic E-state index is 13.2. The third kappa shape index (κ3) is 4.05. The number of hydrogen-bond donors (Lipinski definition) is 0. The van der Waals surface area contributed by atoms with Crippen LogP contribution in [0.3, 0.4) is 0 Å². The highest BCUT2D eigenvalue weighted by Crippen LogP contribution is 2.38. The Kier molecular flexibility index (Phi) is 5.41. The lowest BCUT2D eigenvalue weighted by atomic mass is 9.87. The average molecular weight is 399 g/mol. The first-order valence-electron chi connectivity index (χ1n) is 9.91. The molecule has 2 saturated heterocycles. The van der Waals surface area contributed by atoms with Gasteiger partial charge in [0.05, 0.1) is 30.9 Å². The third-order valence-electron chi connectivity index (χ3n) is 6.13. The van der Waals surface area contributed by atoms with Gasteiger partial charge >= 0.3 is 0 Å². The number of rotatable bonds is 4. The van der Waals surface area contributed by atoms with Crippen LogP contribution in [0.1, 0.15) is 29.6 Å². The van der Waals surface area contributed by atoms with Crippen LogP contribution in [0, 0.1) is 5.82 Å². The maximum Gasteiger partial charge on any atom is 0.255 e. The molecular weight excluding hydrogens is 373 g/mol. The van der Waals surface area contributed by atoms with Gasteiger partial charge in [-0.2, -0.15) is 0 Å². The fraction of sp³-hybridized carbons (Fsp3) is 0.455. The second kappa shape index (κ2) is 7.99. The summed E-state index contributed by atoms with van der Waals surface area (Å²) in [6, 6.07) is 10.3.